The predicted molar refractivity (Wildman–Crippen MR) is 138 cm³/mol. The van der Waals surface area contributed by atoms with E-state index in [1.54, 1.807) is 18.2 Å². The molecule has 2 aliphatic carbocycles. The molecule has 7 nitrogen and oxygen atoms in total. The molecule has 1 saturated heterocycles. The van der Waals surface area contributed by atoms with Crippen molar-refractivity contribution in [3.8, 4) is 0 Å². The third kappa shape index (κ3) is 5.85. The minimum atomic E-state index is -3.72. The van der Waals surface area contributed by atoms with Gasteiger partial charge >= 0.3 is 0 Å². The molecule has 0 spiro atoms. The molecule has 0 radical (unpaired) electrons. The molecule has 1 aromatic carbocycles. The monoisotopic (exact) mass is 536 g/mol. The number of nitrogens with zero attached hydrogens (tertiary/aromatic N) is 3. The Balaban J connectivity index is 1.35. The first kappa shape index (κ1) is 26.5. The average Bonchev–Trinajstić information content (AvgIpc) is 3.35. The number of imidazole rings is 1. The summed E-state index contributed by atoms with van der Waals surface area (Å²) in [4.78, 5) is 17.2. The second-order valence-corrected chi connectivity index (χ2v) is 14.2. The normalized spacial score (nSPS) is 23.5. The highest BCUT2D eigenvalue weighted by molar-refractivity contribution is 7.89. The van der Waals surface area contributed by atoms with Crippen LogP contribution in [0.25, 0.3) is 11.0 Å². The Morgan fingerprint density at radius 3 is 2.46 bits per heavy atom. The number of hydrogen-bond donors (Lipinski definition) is 1. The zero-order valence-electron chi connectivity index (χ0n) is 22.0. The molecule has 0 unspecified atom stereocenters. The predicted octanol–water partition coefficient (Wildman–Crippen LogP) is 4.84. The Bertz CT molecular complexity index is 1270. The second kappa shape index (κ2) is 9.59. The minimum absolute atomic E-state index is 0.00935. The Hall–Kier alpha value is -2.07. The van der Waals surface area contributed by atoms with Gasteiger partial charge in [0.1, 0.15) is 5.82 Å². The van der Waals surface area contributed by atoms with E-state index in [-0.39, 0.29) is 40.9 Å². The summed E-state index contributed by atoms with van der Waals surface area (Å²) in [7, 11) is -3.72. The molecule has 1 amide bonds. The molecule has 2 saturated carbocycles. The number of hydrogen-bond acceptors (Lipinski definition) is 4. The van der Waals surface area contributed by atoms with E-state index in [1.807, 2.05) is 0 Å². The maximum Gasteiger partial charge on any atom is 0.248 e. The molecule has 1 aliphatic heterocycles. The minimum Gasteiger partial charge on any atom is -0.353 e. The highest BCUT2D eigenvalue weighted by Gasteiger charge is 2.37. The molecule has 1 atom stereocenters. The Kier molecular flexibility index (Phi) is 6.88. The summed E-state index contributed by atoms with van der Waals surface area (Å²) in [5.74, 6) is -1.57. The molecule has 5 rings (SSSR count). The maximum atomic E-state index is 13.7. The van der Waals surface area contributed by atoms with Gasteiger partial charge in [-0.3, -0.25) is 4.79 Å². The number of aromatic nitrogens is 2. The molecule has 3 aliphatic rings. The van der Waals surface area contributed by atoms with Crippen molar-refractivity contribution in [1.29, 1.82) is 0 Å². The lowest BCUT2D eigenvalue weighted by Gasteiger charge is -2.30. The topological polar surface area (TPSA) is 84.3 Å². The van der Waals surface area contributed by atoms with Gasteiger partial charge in [0.15, 0.2) is 0 Å². The first-order valence-electron chi connectivity index (χ1n) is 13.5. The molecule has 1 aromatic heterocycles. The largest absolute Gasteiger partial charge is 0.353 e. The fourth-order valence-electron chi connectivity index (χ4n) is 5.68. The van der Waals surface area contributed by atoms with Crippen molar-refractivity contribution in [1.82, 2.24) is 19.2 Å². The number of halogens is 2. The highest BCUT2D eigenvalue weighted by atomic mass is 32.2. The van der Waals surface area contributed by atoms with Crippen molar-refractivity contribution >= 4 is 27.0 Å². The van der Waals surface area contributed by atoms with Crippen molar-refractivity contribution in [3.63, 3.8) is 0 Å². The Labute approximate surface area is 218 Å². The molecule has 37 heavy (non-hydrogen) atoms. The van der Waals surface area contributed by atoms with E-state index in [2.05, 4.69) is 30.7 Å². The van der Waals surface area contributed by atoms with Crippen LogP contribution in [0, 0.1) is 11.8 Å². The third-order valence-electron chi connectivity index (χ3n) is 7.97. The van der Waals surface area contributed by atoms with Crippen molar-refractivity contribution < 1.29 is 22.0 Å². The standard InChI is InChI=1S/C27H38F2N4O3S/c1-26(2,3)25-31-22-15-21(6-7-23(22)33(25)17-18-8-11-27(28,29)12-9-18)37(35,36)32-13-10-19(16-32)14-24(34)30-20-4-5-20/h6-7,15,18-20H,4-5,8-14,16-17H2,1-3H3,(H,30,34)/t19-/m0/s1. The van der Waals surface area contributed by atoms with E-state index in [0.717, 1.165) is 24.2 Å². The van der Waals surface area contributed by atoms with E-state index in [9.17, 15) is 22.0 Å². The van der Waals surface area contributed by atoms with Crippen LogP contribution < -0.4 is 5.32 Å². The third-order valence-corrected chi connectivity index (χ3v) is 9.83. The molecule has 3 fully saturated rings. The SMILES string of the molecule is CC(C)(C)c1nc2cc(S(=O)(=O)N3CC[C@@H](CC(=O)NC4CC4)C3)ccc2n1CC1CCC(F)(F)CC1. The molecule has 0 bridgehead atoms. The summed E-state index contributed by atoms with van der Waals surface area (Å²) < 4.78 is 58.0. The number of sulfonamides is 1. The average molecular weight is 537 g/mol. The fraction of sp³-hybridized carbons (Fsp3) is 0.704. The van der Waals surface area contributed by atoms with E-state index in [0.29, 0.717) is 56.9 Å². The molecule has 10 heteroatoms. The van der Waals surface area contributed by atoms with Gasteiger partial charge < -0.3 is 9.88 Å². The fourth-order valence-corrected chi connectivity index (χ4v) is 7.23. The maximum absolute atomic E-state index is 13.7. The smallest absolute Gasteiger partial charge is 0.248 e. The van der Waals surface area contributed by atoms with Gasteiger partial charge in [-0.15, -0.1) is 0 Å². The van der Waals surface area contributed by atoms with E-state index in [1.165, 1.54) is 4.31 Å². The van der Waals surface area contributed by atoms with E-state index >= 15 is 0 Å². The van der Waals surface area contributed by atoms with Crippen LogP contribution in [0.4, 0.5) is 8.78 Å². The van der Waals surface area contributed by atoms with Gasteiger partial charge in [-0.1, -0.05) is 20.8 Å². The zero-order chi connectivity index (χ0) is 26.6. The van der Waals surface area contributed by atoms with Crippen molar-refractivity contribution in [2.75, 3.05) is 13.1 Å². The van der Waals surface area contributed by atoms with E-state index in [4.69, 9.17) is 4.98 Å². The van der Waals surface area contributed by atoms with Crippen molar-refractivity contribution in [3.05, 3.63) is 24.0 Å². The van der Waals surface area contributed by atoms with Gasteiger partial charge in [0.05, 0.1) is 15.9 Å². The highest BCUT2D eigenvalue weighted by Crippen LogP contribution is 2.38. The summed E-state index contributed by atoms with van der Waals surface area (Å²) in [6, 6.07) is 5.37. The summed E-state index contributed by atoms with van der Waals surface area (Å²) in [5.41, 5.74) is 1.14. The van der Waals surface area contributed by atoms with Crippen LogP contribution in [0.3, 0.4) is 0 Å². The Morgan fingerprint density at radius 2 is 1.81 bits per heavy atom. The van der Waals surface area contributed by atoms with Crippen molar-refractivity contribution in [2.45, 2.75) is 101 Å². The van der Waals surface area contributed by atoms with Crippen LogP contribution in [0.5, 0.6) is 0 Å². The second-order valence-electron chi connectivity index (χ2n) is 12.3. The van der Waals surface area contributed by atoms with Crippen LogP contribution in [0.15, 0.2) is 23.1 Å². The van der Waals surface area contributed by atoms with Gasteiger partial charge in [0.25, 0.3) is 0 Å². The molecule has 204 valence electrons. The van der Waals surface area contributed by atoms with Gasteiger partial charge in [-0.05, 0) is 62.1 Å². The van der Waals surface area contributed by atoms with Gasteiger partial charge in [0, 0.05) is 50.4 Å². The van der Waals surface area contributed by atoms with E-state index < -0.39 is 15.9 Å². The lowest BCUT2D eigenvalue weighted by molar-refractivity contribution is -0.122. The van der Waals surface area contributed by atoms with Gasteiger partial charge in [0.2, 0.25) is 21.9 Å². The van der Waals surface area contributed by atoms with Gasteiger partial charge in [-0.2, -0.15) is 4.31 Å². The lowest BCUT2D eigenvalue weighted by atomic mass is 9.86. The quantitative estimate of drug-likeness (QED) is 0.549. The van der Waals surface area contributed by atoms with Crippen LogP contribution >= 0.6 is 0 Å². The number of alkyl halides is 2. The van der Waals surface area contributed by atoms with Gasteiger partial charge in [-0.25, -0.2) is 22.2 Å². The first-order chi connectivity index (χ1) is 17.3. The van der Waals surface area contributed by atoms with Crippen molar-refractivity contribution in [2.24, 2.45) is 11.8 Å². The number of carbonyl (C=O) groups excluding carboxylic acids is 1. The number of rotatable bonds is 7. The Morgan fingerprint density at radius 1 is 1.11 bits per heavy atom. The first-order valence-corrected chi connectivity index (χ1v) is 14.9. The van der Waals surface area contributed by atoms with Crippen LogP contribution in [0.1, 0.15) is 78.0 Å². The van der Waals surface area contributed by atoms with Crippen LogP contribution in [-0.2, 0) is 26.8 Å². The zero-order valence-corrected chi connectivity index (χ0v) is 22.8. The molecular formula is C27H38F2N4O3S. The molecule has 2 aromatic rings. The molecule has 1 N–H and O–H groups in total. The van der Waals surface area contributed by atoms with Crippen LogP contribution in [-0.4, -0.2) is 53.2 Å². The summed E-state index contributed by atoms with van der Waals surface area (Å²) in [6.07, 6.45) is 3.85. The summed E-state index contributed by atoms with van der Waals surface area (Å²) >= 11 is 0. The van der Waals surface area contributed by atoms with Crippen LogP contribution in [0.2, 0.25) is 0 Å². The molecular weight excluding hydrogens is 498 g/mol. The number of benzene rings is 1. The number of carbonyl (C=O) groups is 1. The number of nitrogens with one attached hydrogen (secondary N) is 1. The lowest BCUT2D eigenvalue weighted by Crippen LogP contribution is -2.31. The summed E-state index contributed by atoms with van der Waals surface area (Å²) in [5, 5.41) is 2.98. The summed E-state index contributed by atoms with van der Waals surface area (Å²) in [6.45, 7) is 7.51. The number of amides is 1. The molecule has 2 heterocycles. The number of fused-ring (bicyclic) bond motifs is 1.